The summed E-state index contributed by atoms with van der Waals surface area (Å²) in [5.41, 5.74) is 2.93. The van der Waals surface area contributed by atoms with Gasteiger partial charge < -0.3 is 19.5 Å². The van der Waals surface area contributed by atoms with Gasteiger partial charge >= 0.3 is 0 Å². The second-order valence-corrected chi connectivity index (χ2v) is 6.57. The number of nitrogens with zero attached hydrogens (tertiary/aromatic N) is 3. The van der Waals surface area contributed by atoms with Gasteiger partial charge in [0, 0.05) is 31.0 Å². The maximum atomic E-state index is 12.7. The summed E-state index contributed by atoms with van der Waals surface area (Å²) in [6.45, 7) is 7.86. The summed E-state index contributed by atoms with van der Waals surface area (Å²) in [5.74, 6) is 0.0579. The molecule has 1 atom stereocenters. The molecule has 1 aromatic carbocycles. The summed E-state index contributed by atoms with van der Waals surface area (Å²) in [7, 11) is 1.85. The largest absolute Gasteiger partial charge is 0.390 e. The van der Waals surface area contributed by atoms with Crippen molar-refractivity contribution in [1.82, 2.24) is 14.4 Å². The molecule has 0 spiro atoms. The van der Waals surface area contributed by atoms with E-state index in [4.69, 9.17) is 0 Å². The van der Waals surface area contributed by atoms with Gasteiger partial charge in [-0.25, -0.2) is 0 Å². The van der Waals surface area contributed by atoms with E-state index in [-0.39, 0.29) is 5.91 Å². The zero-order chi connectivity index (χ0) is 17.3. The number of likely N-dealkylation sites (N-methyl/N-ethyl adjacent to an activating group) is 2. The predicted molar refractivity (Wildman–Crippen MR) is 96.4 cm³/mol. The van der Waals surface area contributed by atoms with Gasteiger partial charge in [0.05, 0.1) is 12.6 Å². The number of carbonyl (C=O) groups excluding carboxylic acids is 1. The number of aliphatic hydroxyl groups is 1. The van der Waals surface area contributed by atoms with Crippen molar-refractivity contribution in [2.75, 3.05) is 33.2 Å². The Morgan fingerprint density at radius 1 is 1.25 bits per heavy atom. The number of aromatic nitrogens is 1. The van der Waals surface area contributed by atoms with E-state index in [0.29, 0.717) is 13.1 Å². The van der Waals surface area contributed by atoms with E-state index < -0.39 is 6.10 Å². The molecule has 0 fully saturated rings. The zero-order valence-corrected chi connectivity index (χ0v) is 14.8. The van der Waals surface area contributed by atoms with Crippen LogP contribution >= 0.6 is 0 Å². The fraction of sp³-hybridized carbons (Fsp3) is 0.526. The predicted octanol–water partition coefficient (Wildman–Crippen LogP) is 1.97. The number of benzene rings is 1. The van der Waals surface area contributed by atoms with Crippen LogP contribution in [0, 0.1) is 0 Å². The summed E-state index contributed by atoms with van der Waals surface area (Å²) in [4.78, 5) is 16.7. The van der Waals surface area contributed by atoms with Crippen LogP contribution in [0.5, 0.6) is 0 Å². The SMILES string of the molecule is CCN(CC)C[C@H](O)Cn1c2c(c3ccccc31)CCN(C)C2=O. The van der Waals surface area contributed by atoms with E-state index in [1.807, 2.05) is 29.8 Å². The van der Waals surface area contributed by atoms with Gasteiger partial charge in [-0.2, -0.15) is 0 Å². The molecule has 0 radical (unpaired) electrons. The topological polar surface area (TPSA) is 48.7 Å². The van der Waals surface area contributed by atoms with E-state index in [0.717, 1.165) is 48.2 Å². The van der Waals surface area contributed by atoms with Crippen molar-refractivity contribution in [3.05, 3.63) is 35.5 Å². The minimum absolute atomic E-state index is 0.0579. The first-order valence-electron chi connectivity index (χ1n) is 8.82. The molecule has 0 saturated carbocycles. The van der Waals surface area contributed by atoms with E-state index in [9.17, 15) is 9.90 Å². The molecule has 1 aliphatic heterocycles. The lowest BCUT2D eigenvalue weighted by Gasteiger charge is -2.26. The van der Waals surface area contributed by atoms with Gasteiger partial charge in [0.15, 0.2) is 0 Å². The molecule has 0 bridgehead atoms. The second kappa shape index (κ2) is 6.95. The van der Waals surface area contributed by atoms with E-state index in [1.54, 1.807) is 4.90 Å². The van der Waals surface area contributed by atoms with E-state index >= 15 is 0 Å². The Morgan fingerprint density at radius 2 is 1.96 bits per heavy atom. The number of hydrogen-bond acceptors (Lipinski definition) is 3. The van der Waals surface area contributed by atoms with Crippen molar-refractivity contribution in [3.8, 4) is 0 Å². The Bertz CT molecular complexity index is 734. The number of amides is 1. The van der Waals surface area contributed by atoms with Gasteiger partial charge in [-0.05, 0) is 31.1 Å². The Hall–Kier alpha value is -1.85. The fourth-order valence-corrected chi connectivity index (χ4v) is 3.67. The Balaban J connectivity index is 1.99. The number of hydrogen-bond donors (Lipinski definition) is 1. The minimum Gasteiger partial charge on any atom is -0.390 e. The van der Waals surface area contributed by atoms with Crippen molar-refractivity contribution in [3.63, 3.8) is 0 Å². The molecule has 0 unspecified atom stereocenters. The lowest BCUT2D eigenvalue weighted by molar-refractivity contribution is 0.0754. The normalized spacial score (nSPS) is 16.0. The van der Waals surface area contributed by atoms with Gasteiger partial charge in [-0.15, -0.1) is 0 Å². The minimum atomic E-state index is -0.496. The third kappa shape index (κ3) is 2.94. The summed E-state index contributed by atoms with van der Waals surface area (Å²) in [6.07, 6.45) is 0.377. The summed E-state index contributed by atoms with van der Waals surface area (Å²) in [5, 5.41) is 11.7. The molecule has 0 saturated heterocycles. The molecule has 130 valence electrons. The van der Waals surface area contributed by atoms with Crippen molar-refractivity contribution >= 4 is 16.8 Å². The third-order valence-electron chi connectivity index (χ3n) is 5.08. The van der Waals surface area contributed by atoms with Crippen LogP contribution < -0.4 is 0 Å². The first-order chi connectivity index (χ1) is 11.6. The highest BCUT2D eigenvalue weighted by Gasteiger charge is 2.29. The van der Waals surface area contributed by atoms with Gasteiger partial charge in [0.1, 0.15) is 5.69 Å². The van der Waals surface area contributed by atoms with Crippen molar-refractivity contribution in [1.29, 1.82) is 0 Å². The number of para-hydroxylation sites is 1. The standard InChI is InChI=1S/C19H27N3O2/c1-4-21(5-2)12-14(23)13-22-17-9-7-6-8-15(17)16-10-11-20(3)19(24)18(16)22/h6-9,14,23H,4-5,10-13H2,1-3H3/t14-/m0/s1. The molecule has 1 aliphatic rings. The zero-order valence-electron chi connectivity index (χ0n) is 14.8. The van der Waals surface area contributed by atoms with E-state index in [1.165, 1.54) is 0 Å². The van der Waals surface area contributed by atoms with Crippen LogP contribution in [0.3, 0.4) is 0 Å². The molecule has 2 heterocycles. The van der Waals surface area contributed by atoms with Gasteiger partial charge in [-0.1, -0.05) is 32.0 Å². The van der Waals surface area contributed by atoms with Crippen LogP contribution in [0.2, 0.25) is 0 Å². The van der Waals surface area contributed by atoms with Crippen molar-refractivity contribution < 1.29 is 9.90 Å². The highest BCUT2D eigenvalue weighted by atomic mass is 16.3. The Kier molecular flexibility index (Phi) is 4.92. The van der Waals surface area contributed by atoms with Crippen LogP contribution in [0.1, 0.15) is 29.9 Å². The monoisotopic (exact) mass is 329 g/mol. The van der Waals surface area contributed by atoms with Crippen molar-refractivity contribution in [2.45, 2.75) is 32.9 Å². The lowest BCUT2D eigenvalue weighted by atomic mass is 10.0. The average Bonchev–Trinajstić information content (AvgIpc) is 2.90. The Morgan fingerprint density at radius 3 is 2.67 bits per heavy atom. The first kappa shape index (κ1) is 17.0. The van der Waals surface area contributed by atoms with Crippen LogP contribution in [-0.2, 0) is 13.0 Å². The van der Waals surface area contributed by atoms with Gasteiger partial charge in [0.2, 0.25) is 0 Å². The molecule has 2 aromatic rings. The number of rotatable bonds is 6. The summed E-state index contributed by atoms with van der Waals surface area (Å²) >= 11 is 0. The molecule has 5 nitrogen and oxygen atoms in total. The third-order valence-corrected chi connectivity index (χ3v) is 5.08. The highest BCUT2D eigenvalue weighted by molar-refractivity contribution is 6.02. The smallest absolute Gasteiger partial charge is 0.270 e. The quantitative estimate of drug-likeness (QED) is 0.881. The van der Waals surface area contributed by atoms with Crippen LogP contribution in [0.4, 0.5) is 0 Å². The second-order valence-electron chi connectivity index (χ2n) is 6.57. The number of carbonyl (C=O) groups is 1. The lowest BCUT2D eigenvalue weighted by Crippen LogP contribution is -2.38. The first-order valence-corrected chi connectivity index (χ1v) is 8.82. The molecule has 5 heteroatoms. The molecular formula is C19H27N3O2. The molecule has 1 N–H and O–H groups in total. The molecule has 1 amide bonds. The molecule has 1 aromatic heterocycles. The van der Waals surface area contributed by atoms with Gasteiger partial charge in [-0.3, -0.25) is 4.79 Å². The highest BCUT2D eigenvalue weighted by Crippen LogP contribution is 2.30. The van der Waals surface area contributed by atoms with Gasteiger partial charge in [0.25, 0.3) is 5.91 Å². The Labute approximate surface area is 143 Å². The fourth-order valence-electron chi connectivity index (χ4n) is 3.67. The molecular weight excluding hydrogens is 302 g/mol. The summed E-state index contributed by atoms with van der Waals surface area (Å²) < 4.78 is 2.02. The van der Waals surface area contributed by atoms with Crippen LogP contribution in [-0.4, -0.2) is 64.7 Å². The van der Waals surface area contributed by atoms with E-state index in [2.05, 4.69) is 24.8 Å². The van der Waals surface area contributed by atoms with Crippen LogP contribution in [0.25, 0.3) is 10.9 Å². The number of aliphatic hydroxyl groups excluding tert-OH is 1. The molecule has 0 aliphatic carbocycles. The average molecular weight is 329 g/mol. The van der Waals surface area contributed by atoms with Crippen molar-refractivity contribution in [2.24, 2.45) is 0 Å². The maximum absolute atomic E-state index is 12.7. The summed E-state index contributed by atoms with van der Waals surface area (Å²) in [6, 6.07) is 8.14. The van der Waals surface area contributed by atoms with Crippen LogP contribution in [0.15, 0.2) is 24.3 Å². The molecule has 3 rings (SSSR count). The number of fused-ring (bicyclic) bond motifs is 3. The maximum Gasteiger partial charge on any atom is 0.270 e. The molecule has 24 heavy (non-hydrogen) atoms.